The monoisotopic (exact) mass is 302 g/mol. The molecule has 4 heteroatoms. The van der Waals surface area contributed by atoms with Gasteiger partial charge in [0.2, 0.25) is 0 Å². The fourth-order valence-corrected chi connectivity index (χ4v) is 2.03. The van der Waals surface area contributed by atoms with Crippen LogP contribution in [0.3, 0.4) is 0 Å². The van der Waals surface area contributed by atoms with Gasteiger partial charge in [-0.3, -0.25) is 4.79 Å². The summed E-state index contributed by atoms with van der Waals surface area (Å²) in [5.41, 5.74) is -0.0195. The molecule has 0 amide bonds. The van der Waals surface area contributed by atoms with Crippen LogP contribution < -0.4 is 0 Å². The topological polar surface area (TPSA) is 37.3 Å². The molecule has 1 aromatic carbocycles. The Labute approximate surface area is 109 Å². The van der Waals surface area contributed by atoms with Crippen LogP contribution in [0.5, 0.6) is 0 Å². The number of benzene rings is 1. The van der Waals surface area contributed by atoms with E-state index in [1.807, 2.05) is 13.8 Å². The summed E-state index contributed by atoms with van der Waals surface area (Å²) < 4.78 is 13.5. The molecule has 0 aliphatic heterocycles. The van der Waals surface area contributed by atoms with Gasteiger partial charge in [-0.2, -0.15) is 0 Å². The number of hydrogen-bond acceptors (Lipinski definition) is 1. The van der Waals surface area contributed by atoms with Crippen LogP contribution in [0.1, 0.15) is 26.3 Å². The summed E-state index contributed by atoms with van der Waals surface area (Å²) in [5.74, 6) is -1.16. The second-order valence-corrected chi connectivity index (χ2v) is 5.66. The lowest BCUT2D eigenvalue weighted by Gasteiger charge is -2.29. The smallest absolute Gasteiger partial charge is 0.309 e. The Hall–Kier alpha value is -0.900. The van der Waals surface area contributed by atoms with Crippen LogP contribution >= 0.6 is 15.9 Å². The molecule has 1 rings (SSSR count). The van der Waals surface area contributed by atoms with E-state index in [-0.39, 0.29) is 11.7 Å². The highest BCUT2D eigenvalue weighted by atomic mass is 79.9. The van der Waals surface area contributed by atoms with E-state index in [1.54, 1.807) is 19.1 Å². The minimum absolute atomic E-state index is 0.00354. The van der Waals surface area contributed by atoms with Gasteiger partial charge in [0.05, 0.1) is 9.89 Å². The Bertz CT molecular complexity index is 431. The van der Waals surface area contributed by atoms with E-state index in [1.165, 1.54) is 6.07 Å². The van der Waals surface area contributed by atoms with Crippen LogP contribution in [0.25, 0.3) is 0 Å². The molecule has 0 saturated heterocycles. The fourth-order valence-electron chi connectivity index (χ4n) is 1.60. The molecule has 0 radical (unpaired) electrons. The van der Waals surface area contributed by atoms with Gasteiger partial charge in [0, 0.05) is 0 Å². The largest absolute Gasteiger partial charge is 0.481 e. The molecular weight excluding hydrogens is 287 g/mol. The molecule has 94 valence electrons. The van der Waals surface area contributed by atoms with Gasteiger partial charge in [0.1, 0.15) is 5.82 Å². The average molecular weight is 303 g/mol. The van der Waals surface area contributed by atoms with Gasteiger partial charge in [-0.25, -0.2) is 4.39 Å². The molecule has 0 fully saturated rings. The normalized spacial score (nSPS) is 14.7. The van der Waals surface area contributed by atoms with Gasteiger partial charge >= 0.3 is 5.97 Å². The van der Waals surface area contributed by atoms with E-state index in [9.17, 15) is 14.3 Å². The average Bonchev–Trinajstić information content (AvgIpc) is 2.22. The molecule has 1 N–H and O–H groups in total. The number of halogens is 2. The second-order valence-electron chi connectivity index (χ2n) is 4.80. The van der Waals surface area contributed by atoms with E-state index in [0.717, 1.165) is 5.56 Å². The standard InChI is InChI=1S/C13H16BrFO2/c1-8(2)13(3,12(16)17)7-9-4-5-11(15)10(14)6-9/h4-6,8H,7H2,1-3H3,(H,16,17). The Kier molecular flexibility index (Phi) is 4.31. The minimum atomic E-state index is -0.836. The Morgan fingerprint density at radius 2 is 2.12 bits per heavy atom. The first kappa shape index (κ1) is 14.2. The first-order chi connectivity index (χ1) is 7.77. The zero-order valence-corrected chi connectivity index (χ0v) is 11.7. The van der Waals surface area contributed by atoms with Crippen LogP contribution in [0.4, 0.5) is 4.39 Å². The van der Waals surface area contributed by atoms with Crippen molar-refractivity contribution in [1.29, 1.82) is 0 Å². The third-order valence-corrected chi connectivity index (χ3v) is 3.93. The van der Waals surface area contributed by atoms with Crippen molar-refractivity contribution >= 4 is 21.9 Å². The van der Waals surface area contributed by atoms with Crippen molar-refractivity contribution in [3.63, 3.8) is 0 Å². The maximum absolute atomic E-state index is 13.1. The number of aliphatic carboxylic acids is 1. The Morgan fingerprint density at radius 1 is 1.53 bits per heavy atom. The first-order valence-corrected chi connectivity index (χ1v) is 6.24. The molecule has 0 heterocycles. The minimum Gasteiger partial charge on any atom is -0.481 e. The molecule has 0 spiro atoms. The van der Waals surface area contributed by atoms with Gasteiger partial charge in [-0.1, -0.05) is 19.9 Å². The van der Waals surface area contributed by atoms with Crippen molar-refractivity contribution in [3.05, 3.63) is 34.1 Å². The van der Waals surface area contributed by atoms with Gasteiger partial charge in [-0.15, -0.1) is 0 Å². The predicted octanol–water partition coefficient (Wildman–Crippen LogP) is 3.88. The third kappa shape index (κ3) is 3.06. The van der Waals surface area contributed by atoms with Crippen molar-refractivity contribution in [3.8, 4) is 0 Å². The van der Waals surface area contributed by atoms with Gasteiger partial charge < -0.3 is 5.11 Å². The van der Waals surface area contributed by atoms with E-state index in [0.29, 0.717) is 10.9 Å². The maximum atomic E-state index is 13.1. The summed E-state index contributed by atoms with van der Waals surface area (Å²) >= 11 is 3.11. The molecule has 0 saturated carbocycles. The van der Waals surface area contributed by atoms with Crippen molar-refractivity contribution < 1.29 is 14.3 Å². The van der Waals surface area contributed by atoms with Crippen molar-refractivity contribution in [1.82, 2.24) is 0 Å². The van der Waals surface area contributed by atoms with Gasteiger partial charge in [-0.05, 0) is 52.9 Å². The molecule has 2 nitrogen and oxygen atoms in total. The molecule has 0 bridgehead atoms. The van der Waals surface area contributed by atoms with Crippen LogP contribution in [-0.2, 0) is 11.2 Å². The second kappa shape index (κ2) is 5.17. The van der Waals surface area contributed by atoms with E-state index in [2.05, 4.69) is 15.9 Å². The highest BCUT2D eigenvalue weighted by Gasteiger charge is 2.36. The molecule has 0 aliphatic rings. The number of rotatable bonds is 4. The molecule has 17 heavy (non-hydrogen) atoms. The van der Waals surface area contributed by atoms with Crippen molar-refractivity contribution in [2.75, 3.05) is 0 Å². The summed E-state index contributed by atoms with van der Waals surface area (Å²) in [6.45, 7) is 5.48. The molecule has 1 atom stereocenters. The molecule has 1 unspecified atom stereocenters. The molecule has 0 aliphatic carbocycles. The van der Waals surface area contributed by atoms with Crippen LogP contribution in [-0.4, -0.2) is 11.1 Å². The zero-order valence-electron chi connectivity index (χ0n) is 10.1. The van der Waals surface area contributed by atoms with Crippen molar-refractivity contribution in [2.24, 2.45) is 11.3 Å². The Balaban J connectivity index is 3.02. The summed E-state index contributed by atoms with van der Waals surface area (Å²) in [4.78, 5) is 11.3. The van der Waals surface area contributed by atoms with E-state index in [4.69, 9.17) is 0 Å². The summed E-state index contributed by atoms with van der Waals surface area (Å²) in [6, 6.07) is 4.62. The number of carboxylic acids is 1. The lowest BCUT2D eigenvalue weighted by molar-refractivity contribution is -0.150. The maximum Gasteiger partial charge on any atom is 0.309 e. The lowest BCUT2D eigenvalue weighted by Crippen LogP contribution is -2.35. The highest BCUT2D eigenvalue weighted by molar-refractivity contribution is 9.10. The summed E-state index contributed by atoms with van der Waals surface area (Å²) in [6.07, 6.45) is 0.388. The third-order valence-electron chi connectivity index (χ3n) is 3.32. The SMILES string of the molecule is CC(C)C(C)(Cc1ccc(F)c(Br)c1)C(=O)O. The lowest BCUT2D eigenvalue weighted by atomic mass is 9.74. The molecular formula is C13H16BrFO2. The fraction of sp³-hybridized carbons (Fsp3) is 0.462. The van der Waals surface area contributed by atoms with Crippen LogP contribution in [0.15, 0.2) is 22.7 Å². The molecule has 0 aromatic heterocycles. The Morgan fingerprint density at radius 3 is 2.53 bits per heavy atom. The van der Waals surface area contributed by atoms with Crippen LogP contribution in [0.2, 0.25) is 0 Å². The first-order valence-electron chi connectivity index (χ1n) is 5.44. The van der Waals surface area contributed by atoms with Crippen LogP contribution in [0, 0.1) is 17.2 Å². The van der Waals surface area contributed by atoms with Gasteiger partial charge in [0.15, 0.2) is 0 Å². The van der Waals surface area contributed by atoms with E-state index >= 15 is 0 Å². The van der Waals surface area contributed by atoms with Gasteiger partial charge in [0.25, 0.3) is 0 Å². The highest BCUT2D eigenvalue weighted by Crippen LogP contribution is 2.32. The number of carboxylic acid groups (broad SMARTS) is 1. The number of carbonyl (C=O) groups is 1. The molecule has 1 aromatic rings. The summed E-state index contributed by atoms with van der Waals surface area (Å²) in [5, 5.41) is 9.30. The summed E-state index contributed by atoms with van der Waals surface area (Å²) in [7, 11) is 0. The van der Waals surface area contributed by atoms with E-state index < -0.39 is 11.4 Å². The van der Waals surface area contributed by atoms with Crippen molar-refractivity contribution in [2.45, 2.75) is 27.2 Å². The number of hydrogen-bond donors (Lipinski definition) is 1. The zero-order chi connectivity index (χ0) is 13.2. The predicted molar refractivity (Wildman–Crippen MR) is 68.4 cm³/mol. The quantitative estimate of drug-likeness (QED) is 0.916.